The molecular formula is C20H17N3O2. The molecule has 4 rings (SSSR count). The van der Waals surface area contributed by atoms with Crippen molar-refractivity contribution in [2.24, 2.45) is 0 Å². The lowest BCUT2D eigenvalue weighted by Gasteiger charge is -2.26. The summed E-state index contributed by atoms with van der Waals surface area (Å²) in [7, 11) is 0. The van der Waals surface area contributed by atoms with Crippen molar-refractivity contribution in [1.29, 1.82) is 5.26 Å². The zero-order chi connectivity index (χ0) is 17.1. The number of benzene rings is 2. The summed E-state index contributed by atoms with van der Waals surface area (Å²) in [5.41, 5.74) is 1.57. The zero-order valence-electron chi connectivity index (χ0n) is 13.6. The van der Waals surface area contributed by atoms with Gasteiger partial charge >= 0.3 is 0 Å². The van der Waals surface area contributed by atoms with Crippen LogP contribution in [0.25, 0.3) is 11.4 Å². The van der Waals surface area contributed by atoms with Gasteiger partial charge in [0.2, 0.25) is 0 Å². The lowest BCUT2D eigenvalue weighted by atomic mass is 10.1. The predicted molar refractivity (Wildman–Crippen MR) is 93.3 cm³/mol. The van der Waals surface area contributed by atoms with Gasteiger partial charge in [-0.3, -0.25) is 0 Å². The molecule has 0 bridgehead atoms. The normalized spacial score (nSPS) is 15.6. The van der Waals surface area contributed by atoms with Crippen molar-refractivity contribution in [3.05, 3.63) is 66.5 Å². The van der Waals surface area contributed by atoms with Crippen molar-refractivity contribution in [2.45, 2.75) is 19.1 Å². The molecule has 5 nitrogen and oxygen atoms in total. The number of hydrogen-bond donors (Lipinski definition) is 0. The van der Waals surface area contributed by atoms with Crippen LogP contribution in [0.15, 0.2) is 60.9 Å². The quantitative estimate of drug-likeness (QED) is 0.732. The molecule has 5 heteroatoms. The Morgan fingerprint density at radius 3 is 2.92 bits per heavy atom. The summed E-state index contributed by atoms with van der Waals surface area (Å²) in [4.78, 5) is 4.44. The minimum atomic E-state index is 0.00981. The smallest absolute Gasteiger partial charge is 0.161 e. The fourth-order valence-electron chi connectivity index (χ4n) is 2.97. The van der Waals surface area contributed by atoms with E-state index in [0.29, 0.717) is 12.2 Å². The van der Waals surface area contributed by atoms with E-state index in [4.69, 9.17) is 14.7 Å². The van der Waals surface area contributed by atoms with E-state index in [-0.39, 0.29) is 6.10 Å². The van der Waals surface area contributed by atoms with Crippen molar-refractivity contribution in [2.75, 3.05) is 6.61 Å². The van der Waals surface area contributed by atoms with Crippen LogP contribution in [0.1, 0.15) is 12.0 Å². The Labute approximate surface area is 146 Å². The van der Waals surface area contributed by atoms with Crippen molar-refractivity contribution >= 4 is 0 Å². The first-order valence-corrected chi connectivity index (χ1v) is 8.23. The van der Waals surface area contributed by atoms with Gasteiger partial charge in [-0.15, -0.1) is 0 Å². The third-order valence-electron chi connectivity index (χ3n) is 4.22. The fraction of sp³-hybridized carbons (Fsp3) is 0.200. The number of aryl methyl sites for hydroxylation is 1. The topological polar surface area (TPSA) is 60.1 Å². The number of hydrogen-bond acceptors (Lipinski definition) is 4. The van der Waals surface area contributed by atoms with Crippen molar-refractivity contribution in [3.63, 3.8) is 0 Å². The number of fused-ring (bicyclic) bond motifs is 1. The molecule has 2 heterocycles. The van der Waals surface area contributed by atoms with Crippen LogP contribution in [0.5, 0.6) is 11.5 Å². The molecule has 0 amide bonds. The highest BCUT2D eigenvalue weighted by molar-refractivity contribution is 5.58. The van der Waals surface area contributed by atoms with Crippen LogP contribution in [-0.2, 0) is 6.54 Å². The van der Waals surface area contributed by atoms with Crippen LogP contribution in [0.3, 0.4) is 0 Å². The Hall–Kier alpha value is -3.26. The maximum atomic E-state index is 9.07. The maximum Gasteiger partial charge on any atom is 0.161 e. The molecule has 1 aliphatic heterocycles. The molecule has 0 saturated carbocycles. The molecular weight excluding hydrogens is 314 g/mol. The summed E-state index contributed by atoms with van der Waals surface area (Å²) >= 11 is 0. The molecule has 0 N–H and O–H groups in total. The molecule has 3 aromatic rings. The fourth-order valence-corrected chi connectivity index (χ4v) is 2.97. The lowest BCUT2D eigenvalue weighted by Crippen LogP contribution is -2.30. The Bertz CT molecular complexity index is 926. The van der Waals surface area contributed by atoms with Crippen LogP contribution in [-0.4, -0.2) is 22.3 Å². The summed E-state index contributed by atoms with van der Waals surface area (Å²) in [6.07, 6.45) is 4.56. The van der Waals surface area contributed by atoms with Gasteiger partial charge in [-0.25, -0.2) is 4.98 Å². The standard InChI is InChI=1S/C20H17N3O2/c21-13-15-4-3-5-16(12-15)20-22-9-11-23(20)10-8-17-14-24-18-6-1-2-7-19(18)25-17/h1-7,9,11-12,17H,8,10,14H2. The van der Waals surface area contributed by atoms with E-state index in [2.05, 4.69) is 15.6 Å². The highest BCUT2D eigenvalue weighted by atomic mass is 16.6. The largest absolute Gasteiger partial charge is 0.486 e. The van der Waals surface area contributed by atoms with Gasteiger partial charge < -0.3 is 14.0 Å². The molecule has 124 valence electrons. The third-order valence-corrected chi connectivity index (χ3v) is 4.22. The molecule has 0 fully saturated rings. The van der Waals surface area contributed by atoms with Gasteiger partial charge in [0.25, 0.3) is 0 Å². The van der Waals surface area contributed by atoms with Gasteiger partial charge in [0.05, 0.1) is 11.6 Å². The lowest BCUT2D eigenvalue weighted by molar-refractivity contribution is 0.0817. The molecule has 0 spiro atoms. The molecule has 0 aliphatic carbocycles. The SMILES string of the molecule is N#Cc1cccc(-c2nccn2CCC2COc3ccccc3O2)c1. The second kappa shape index (κ2) is 6.70. The Balaban J connectivity index is 1.46. The number of aromatic nitrogens is 2. The van der Waals surface area contributed by atoms with Gasteiger partial charge in [0, 0.05) is 30.9 Å². The first-order chi connectivity index (χ1) is 12.3. The van der Waals surface area contributed by atoms with Gasteiger partial charge in [-0.2, -0.15) is 5.26 Å². The molecule has 1 unspecified atom stereocenters. The average molecular weight is 331 g/mol. The van der Waals surface area contributed by atoms with Crippen LogP contribution in [0, 0.1) is 11.3 Å². The number of ether oxygens (including phenoxy) is 2. The molecule has 1 aromatic heterocycles. The number of para-hydroxylation sites is 2. The maximum absolute atomic E-state index is 9.07. The van der Waals surface area contributed by atoms with Crippen LogP contribution >= 0.6 is 0 Å². The highest BCUT2D eigenvalue weighted by Crippen LogP contribution is 2.31. The number of nitrogens with zero attached hydrogens (tertiary/aromatic N) is 3. The average Bonchev–Trinajstić information content (AvgIpc) is 3.15. The monoisotopic (exact) mass is 331 g/mol. The highest BCUT2D eigenvalue weighted by Gasteiger charge is 2.20. The molecule has 1 atom stereocenters. The Morgan fingerprint density at radius 1 is 1.16 bits per heavy atom. The Morgan fingerprint density at radius 2 is 2.04 bits per heavy atom. The summed E-state index contributed by atoms with van der Waals surface area (Å²) in [6, 6.07) is 17.4. The minimum Gasteiger partial charge on any atom is -0.486 e. The molecule has 0 radical (unpaired) electrons. The molecule has 2 aromatic carbocycles. The molecule has 25 heavy (non-hydrogen) atoms. The first-order valence-electron chi connectivity index (χ1n) is 8.23. The van der Waals surface area contributed by atoms with Gasteiger partial charge in [0.15, 0.2) is 11.5 Å². The first kappa shape index (κ1) is 15.3. The second-order valence-electron chi connectivity index (χ2n) is 5.92. The summed E-state index contributed by atoms with van der Waals surface area (Å²) in [6.45, 7) is 1.31. The summed E-state index contributed by atoms with van der Waals surface area (Å²) < 4.78 is 13.9. The van der Waals surface area contributed by atoms with Crippen molar-refractivity contribution in [3.8, 4) is 29.0 Å². The zero-order valence-corrected chi connectivity index (χ0v) is 13.6. The van der Waals surface area contributed by atoms with Crippen LogP contribution in [0.4, 0.5) is 0 Å². The van der Waals surface area contributed by atoms with Crippen molar-refractivity contribution in [1.82, 2.24) is 9.55 Å². The molecule has 1 aliphatic rings. The summed E-state index contributed by atoms with van der Waals surface area (Å²) in [5.74, 6) is 2.45. The van der Waals surface area contributed by atoms with Crippen LogP contribution in [0.2, 0.25) is 0 Å². The van der Waals surface area contributed by atoms with E-state index in [1.807, 2.05) is 48.7 Å². The van der Waals surface area contributed by atoms with E-state index >= 15 is 0 Å². The van der Waals surface area contributed by atoms with E-state index < -0.39 is 0 Å². The van der Waals surface area contributed by atoms with E-state index in [1.165, 1.54) is 0 Å². The van der Waals surface area contributed by atoms with E-state index in [1.54, 1.807) is 12.3 Å². The number of rotatable bonds is 4. The van der Waals surface area contributed by atoms with Gasteiger partial charge in [-0.05, 0) is 24.3 Å². The Kier molecular flexibility index (Phi) is 4.09. The molecule has 0 saturated heterocycles. The third kappa shape index (κ3) is 3.20. The van der Waals surface area contributed by atoms with Gasteiger partial charge in [-0.1, -0.05) is 24.3 Å². The number of imidazole rings is 1. The van der Waals surface area contributed by atoms with Gasteiger partial charge in [0.1, 0.15) is 18.5 Å². The van der Waals surface area contributed by atoms with E-state index in [0.717, 1.165) is 35.9 Å². The van der Waals surface area contributed by atoms with Crippen molar-refractivity contribution < 1.29 is 9.47 Å². The summed E-state index contributed by atoms with van der Waals surface area (Å²) in [5, 5.41) is 9.07. The predicted octanol–water partition coefficient (Wildman–Crippen LogP) is 3.65. The minimum absolute atomic E-state index is 0.00981. The van der Waals surface area contributed by atoms with E-state index in [9.17, 15) is 0 Å². The number of nitriles is 1. The van der Waals surface area contributed by atoms with Crippen LogP contribution < -0.4 is 9.47 Å². The second-order valence-corrected chi connectivity index (χ2v) is 5.92.